The third-order valence-corrected chi connectivity index (χ3v) is 3.88. The van der Waals surface area contributed by atoms with Gasteiger partial charge >= 0.3 is 6.18 Å². The van der Waals surface area contributed by atoms with Gasteiger partial charge in [0.2, 0.25) is 5.95 Å². The number of rotatable bonds is 3. The zero-order chi connectivity index (χ0) is 19.0. The number of carbonyl (C=O) groups is 1. The number of pyridine rings is 1. The maximum Gasteiger partial charge on any atom is 0.416 e. The molecule has 0 unspecified atom stereocenters. The lowest BCUT2D eigenvalue weighted by Crippen LogP contribution is -2.14. The number of amides is 1. The first-order valence-electron chi connectivity index (χ1n) is 7.79. The van der Waals surface area contributed by atoms with Crippen molar-refractivity contribution in [1.29, 1.82) is 0 Å². The fourth-order valence-electron chi connectivity index (χ4n) is 2.57. The molecular weight excluding hydrogens is 361 g/mol. The van der Waals surface area contributed by atoms with Crippen molar-refractivity contribution in [2.45, 2.75) is 6.18 Å². The van der Waals surface area contributed by atoms with Crippen molar-refractivity contribution in [3.63, 3.8) is 0 Å². The summed E-state index contributed by atoms with van der Waals surface area (Å²) in [5.41, 5.74) is 1.23. The Kier molecular flexibility index (Phi) is 3.91. The van der Waals surface area contributed by atoms with Crippen molar-refractivity contribution >= 4 is 17.5 Å². The quantitative estimate of drug-likeness (QED) is 0.583. The van der Waals surface area contributed by atoms with E-state index in [4.69, 9.17) is 4.42 Å². The Balaban J connectivity index is 1.60. The van der Waals surface area contributed by atoms with Gasteiger partial charge in [-0.25, -0.2) is 4.52 Å². The maximum absolute atomic E-state index is 12.6. The second kappa shape index (κ2) is 6.27. The summed E-state index contributed by atoms with van der Waals surface area (Å²) in [6.07, 6.45) is -1.38. The number of hydrogen-bond acceptors (Lipinski definition) is 4. The Bertz CT molecular complexity index is 1100. The lowest BCUT2D eigenvalue weighted by Gasteiger charge is -2.07. The summed E-state index contributed by atoms with van der Waals surface area (Å²) >= 11 is 0. The van der Waals surface area contributed by atoms with Gasteiger partial charge in [0.1, 0.15) is 0 Å². The summed E-state index contributed by atoms with van der Waals surface area (Å²) in [6, 6.07) is 11.0. The number of furan rings is 1. The molecule has 3 aromatic heterocycles. The Morgan fingerprint density at radius 2 is 1.85 bits per heavy atom. The average Bonchev–Trinajstić information content (AvgIpc) is 3.30. The van der Waals surface area contributed by atoms with Crippen LogP contribution in [0, 0.1) is 0 Å². The van der Waals surface area contributed by atoms with Gasteiger partial charge in [-0.05, 0) is 42.5 Å². The predicted octanol–water partition coefficient (Wildman–Crippen LogP) is 4.26. The van der Waals surface area contributed by atoms with E-state index in [2.05, 4.69) is 15.4 Å². The van der Waals surface area contributed by atoms with Crippen molar-refractivity contribution < 1.29 is 22.4 Å². The zero-order valence-corrected chi connectivity index (χ0v) is 13.6. The first-order chi connectivity index (χ1) is 12.9. The van der Waals surface area contributed by atoms with Gasteiger partial charge in [-0.1, -0.05) is 6.07 Å². The van der Waals surface area contributed by atoms with Gasteiger partial charge in [0, 0.05) is 11.1 Å². The number of aromatic nitrogens is 3. The van der Waals surface area contributed by atoms with Crippen LogP contribution in [0.2, 0.25) is 0 Å². The minimum atomic E-state index is -4.46. The number of halogens is 3. The number of alkyl halides is 3. The van der Waals surface area contributed by atoms with Crippen LogP contribution in [0.25, 0.3) is 16.9 Å². The van der Waals surface area contributed by atoms with Crippen LogP contribution in [0.4, 0.5) is 19.1 Å². The topological polar surface area (TPSA) is 72.4 Å². The molecule has 0 atom stereocenters. The molecule has 0 aliphatic heterocycles. The first kappa shape index (κ1) is 16.8. The molecule has 0 aliphatic carbocycles. The highest BCUT2D eigenvalue weighted by molar-refractivity contribution is 6.03. The summed E-state index contributed by atoms with van der Waals surface area (Å²) in [5, 5.41) is 6.73. The van der Waals surface area contributed by atoms with E-state index in [1.54, 1.807) is 24.5 Å². The molecule has 9 heteroatoms. The fourth-order valence-corrected chi connectivity index (χ4v) is 2.57. The lowest BCUT2D eigenvalue weighted by atomic mass is 10.1. The Labute approximate surface area is 150 Å². The number of anilines is 1. The fraction of sp³-hybridized carbons (Fsp3) is 0.0556. The van der Waals surface area contributed by atoms with Crippen LogP contribution >= 0.6 is 0 Å². The molecule has 0 aliphatic rings. The summed E-state index contributed by atoms with van der Waals surface area (Å²) in [5.74, 6) is -0.569. The molecule has 1 N–H and O–H groups in total. The number of carbonyl (C=O) groups excluding carboxylic acids is 1. The SMILES string of the molecule is O=C(Nc1nc2cccc(-c3ccoc3)n2n1)c1ccc(C(F)(F)F)cc1. The molecule has 1 amide bonds. The summed E-state index contributed by atoms with van der Waals surface area (Å²) in [6.45, 7) is 0. The van der Waals surface area contributed by atoms with Crippen molar-refractivity contribution in [1.82, 2.24) is 14.6 Å². The summed E-state index contributed by atoms with van der Waals surface area (Å²) < 4.78 is 44.4. The Morgan fingerprint density at radius 1 is 1.07 bits per heavy atom. The minimum absolute atomic E-state index is 0.0378. The second-order valence-corrected chi connectivity index (χ2v) is 5.66. The van der Waals surface area contributed by atoms with E-state index in [1.807, 2.05) is 6.07 Å². The smallest absolute Gasteiger partial charge is 0.416 e. The first-order valence-corrected chi connectivity index (χ1v) is 7.79. The highest BCUT2D eigenvalue weighted by atomic mass is 19.4. The highest BCUT2D eigenvalue weighted by Crippen LogP contribution is 2.29. The van der Waals surface area contributed by atoms with Crippen molar-refractivity contribution in [2.24, 2.45) is 0 Å². The highest BCUT2D eigenvalue weighted by Gasteiger charge is 2.30. The second-order valence-electron chi connectivity index (χ2n) is 5.66. The summed E-state index contributed by atoms with van der Waals surface area (Å²) in [7, 11) is 0. The van der Waals surface area contributed by atoms with Crippen LogP contribution in [0.15, 0.2) is 65.5 Å². The molecule has 1 aromatic carbocycles. The van der Waals surface area contributed by atoms with E-state index < -0.39 is 17.6 Å². The molecule has 4 rings (SSSR count). The molecule has 3 heterocycles. The molecule has 4 aromatic rings. The van der Waals surface area contributed by atoms with E-state index >= 15 is 0 Å². The van der Waals surface area contributed by atoms with Crippen molar-refractivity contribution in [2.75, 3.05) is 5.32 Å². The van der Waals surface area contributed by atoms with Gasteiger partial charge in [-0.2, -0.15) is 18.2 Å². The molecule has 6 nitrogen and oxygen atoms in total. The van der Waals surface area contributed by atoms with Crippen molar-refractivity contribution in [3.05, 3.63) is 72.2 Å². The zero-order valence-electron chi connectivity index (χ0n) is 13.6. The third kappa shape index (κ3) is 3.26. The molecular formula is C18H11F3N4O2. The van der Waals surface area contributed by atoms with Crippen LogP contribution in [0.1, 0.15) is 15.9 Å². The normalized spacial score (nSPS) is 11.7. The summed E-state index contributed by atoms with van der Waals surface area (Å²) in [4.78, 5) is 16.5. The van der Waals surface area contributed by atoms with Gasteiger partial charge in [0.05, 0.1) is 23.8 Å². The van der Waals surface area contributed by atoms with Gasteiger partial charge in [-0.3, -0.25) is 10.1 Å². The molecule has 0 bridgehead atoms. The molecule has 136 valence electrons. The monoisotopic (exact) mass is 372 g/mol. The van der Waals surface area contributed by atoms with Gasteiger partial charge < -0.3 is 4.42 Å². The van der Waals surface area contributed by atoms with Crippen LogP contribution in [-0.4, -0.2) is 20.5 Å². The number of fused-ring (bicyclic) bond motifs is 1. The molecule has 0 saturated heterocycles. The van der Waals surface area contributed by atoms with Crippen LogP contribution in [0.5, 0.6) is 0 Å². The van der Waals surface area contributed by atoms with E-state index in [-0.39, 0.29) is 11.5 Å². The van der Waals surface area contributed by atoms with Crippen LogP contribution in [-0.2, 0) is 6.18 Å². The van der Waals surface area contributed by atoms with Gasteiger partial charge in [0.15, 0.2) is 5.65 Å². The standard InChI is InChI=1S/C18H11F3N4O2/c19-18(20,21)13-6-4-11(5-7-13)16(26)23-17-22-15-3-1-2-14(25(15)24-17)12-8-9-27-10-12/h1-10H,(H,23,24,26). The van der Waals surface area contributed by atoms with E-state index in [0.717, 1.165) is 29.8 Å². The third-order valence-electron chi connectivity index (χ3n) is 3.88. The predicted molar refractivity (Wildman–Crippen MR) is 90.1 cm³/mol. The molecule has 0 radical (unpaired) electrons. The minimum Gasteiger partial charge on any atom is -0.472 e. The number of benzene rings is 1. The van der Waals surface area contributed by atoms with Gasteiger partial charge in [-0.15, -0.1) is 5.10 Å². The molecule has 0 saturated carbocycles. The average molecular weight is 372 g/mol. The van der Waals surface area contributed by atoms with E-state index in [1.165, 1.54) is 10.8 Å². The number of nitrogens with zero attached hydrogens (tertiary/aromatic N) is 3. The van der Waals surface area contributed by atoms with Gasteiger partial charge in [0.25, 0.3) is 5.91 Å². The molecule has 27 heavy (non-hydrogen) atoms. The maximum atomic E-state index is 12.6. The van der Waals surface area contributed by atoms with Crippen LogP contribution < -0.4 is 5.32 Å². The Morgan fingerprint density at radius 3 is 2.52 bits per heavy atom. The van der Waals surface area contributed by atoms with Crippen LogP contribution in [0.3, 0.4) is 0 Å². The van der Waals surface area contributed by atoms with Crippen molar-refractivity contribution in [3.8, 4) is 11.3 Å². The number of hydrogen-bond donors (Lipinski definition) is 1. The largest absolute Gasteiger partial charge is 0.472 e. The van der Waals surface area contributed by atoms with E-state index in [0.29, 0.717) is 11.3 Å². The number of nitrogens with one attached hydrogen (secondary N) is 1. The molecule has 0 spiro atoms. The molecule has 0 fully saturated rings. The Hall–Kier alpha value is -3.62. The lowest BCUT2D eigenvalue weighted by molar-refractivity contribution is -0.137. The van der Waals surface area contributed by atoms with E-state index in [9.17, 15) is 18.0 Å².